The highest BCUT2D eigenvalue weighted by Crippen LogP contribution is 2.59. The number of anilines is 1. The summed E-state index contributed by atoms with van der Waals surface area (Å²) >= 11 is 0. The van der Waals surface area contributed by atoms with Crippen LogP contribution in [-0.4, -0.2) is 80.2 Å². The molecule has 62 heavy (non-hydrogen) atoms. The molecule has 0 bridgehead atoms. The first-order valence-electron chi connectivity index (χ1n) is 22.9. The largest absolute Gasteiger partial charge is 0.447 e. The predicted octanol–water partition coefficient (Wildman–Crippen LogP) is 7.74. The van der Waals surface area contributed by atoms with Gasteiger partial charge in [-0.15, -0.1) is 0 Å². The molecule has 1 aromatic heterocycles. The Morgan fingerprint density at radius 1 is 1.10 bits per heavy atom. The van der Waals surface area contributed by atoms with Gasteiger partial charge >= 0.3 is 17.9 Å². The minimum absolute atomic E-state index is 0.0392. The minimum Gasteiger partial charge on any atom is -0.447 e. The van der Waals surface area contributed by atoms with E-state index >= 15 is 4.39 Å². The number of hydrogen-bond acceptors (Lipinski definition) is 10. The third-order valence-corrected chi connectivity index (χ3v) is 15.1. The summed E-state index contributed by atoms with van der Waals surface area (Å²) in [7, 11) is 0. The Balaban J connectivity index is 0.912. The molecule has 14 heteroatoms. The fraction of sp³-hybridized carbons (Fsp3) is 0.708. The topological polar surface area (TPSA) is 187 Å². The molecule has 2 amide bonds. The van der Waals surface area contributed by atoms with Gasteiger partial charge in [-0.3, -0.25) is 4.57 Å². The average Bonchev–Trinajstić information content (AvgIpc) is 3.93. The van der Waals surface area contributed by atoms with Crippen LogP contribution in [0.2, 0.25) is 0 Å². The van der Waals surface area contributed by atoms with Crippen LogP contribution >= 0.6 is 0 Å². The predicted molar refractivity (Wildman–Crippen MR) is 234 cm³/mol. The van der Waals surface area contributed by atoms with Gasteiger partial charge in [0, 0.05) is 24.2 Å². The zero-order valence-corrected chi connectivity index (χ0v) is 37.5. The summed E-state index contributed by atoms with van der Waals surface area (Å²) in [5.74, 6) is 1.98. The number of fused-ring (bicyclic) bond motifs is 1. The maximum Gasteiger partial charge on any atom is 0.407 e. The van der Waals surface area contributed by atoms with Gasteiger partial charge < -0.3 is 40.8 Å². The van der Waals surface area contributed by atoms with Gasteiger partial charge in [0.05, 0.1) is 6.10 Å². The van der Waals surface area contributed by atoms with Gasteiger partial charge in [0.1, 0.15) is 30.7 Å². The molecule has 1 aliphatic heterocycles. The van der Waals surface area contributed by atoms with E-state index in [9.17, 15) is 24.6 Å². The summed E-state index contributed by atoms with van der Waals surface area (Å²) in [4.78, 5) is 42.7. The number of halogens is 1. The third kappa shape index (κ3) is 10.2. The van der Waals surface area contributed by atoms with Crippen molar-refractivity contribution >= 4 is 18.0 Å². The Kier molecular flexibility index (Phi) is 13.3. The summed E-state index contributed by atoms with van der Waals surface area (Å²) in [6, 6.07) is 1.02. The second kappa shape index (κ2) is 17.9. The van der Waals surface area contributed by atoms with Crippen LogP contribution < -0.4 is 22.1 Å². The van der Waals surface area contributed by atoms with Crippen molar-refractivity contribution in [2.24, 2.45) is 34.5 Å². The van der Waals surface area contributed by atoms with Crippen molar-refractivity contribution in [1.29, 1.82) is 0 Å². The molecule has 6 N–H and O–H groups in total. The SMILES string of the molecule is C=C1CC[C@H](OC(=O)NC2CC(C)(C)CC(C)(NC(=O)OCC3OC(n4ccc(N)nc4=O)C(C)(F)C3O)C2)C/C1=C/C=C1\CCC[C@@]2(C)C1CCC2[C@@H](C)/C=C/C(O)C1CC1. The van der Waals surface area contributed by atoms with E-state index in [0.29, 0.717) is 55.8 Å². The molecule has 5 aliphatic carbocycles. The van der Waals surface area contributed by atoms with Crippen molar-refractivity contribution in [2.75, 3.05) is 12.3 Å². The van der Waals surface area contributed by atoms with E-state index < -0.39 is 54.1 Å². The Morgan fingerprint density at radius 3 is 2.58 bits per heavy atom. The van der Waals surface area contributed by atoms with Crippen LogP contribution in [0.25, 0.3) is 0 Å². The first kappa shape index (κ1) is 46.0. The molecule has 9 unspecified atom stereocenters. The lowest BCUT2D eigenvalue weighted by molar-refractivity contribution is -0.0631. The van der Waals surface area contributed by atoms with Crippen LogP contribution in [0.4, 0.5) is 19.8 Å². The van der Waals surface area contributed by atoms with Gasteiger partial charge in [0.15, 0.2) is 11.9 Å². The summed E-state index contributed by atoms with van der Waals surface area (Å²) in [6.45, 7) is 15.9. The summed E-state index contributed by atoms with van der Waals surface area (Å²) in [5, 5.41) is 27.2. The molecule has 342 valence electrons. The molecular weight excluding hydrogens is 794 g/mol. The third-order valence-electron chi connectivity index (χ3n) is 15.1. The fourth-order valence-corrected chi connectivity index (χ4v) is 12.1. The molecule has 2 heterocycles. The number of ether oxygens (including phenoxy) is 3. The van der Waals surface area contributed by atoms with Crippen molar-refractivity contribution in [2.45, 2.75) is 173 Å². The van der Waals surface area contributed by atoms with Gasteiger partial charge in [-0.25, -0.2) is 18.8 Å². The molecule has 0 aromatic carbocycles. The monoisotopic (exact) mass is 864 g/mol. The number of carbonyl (C=O) groups is 2. The van der Waals surface area contributed by atoms with Gasteiger partial charge in [0.2, 0.25) is 0 Å². The number of nitrogen functional groups attached to an aromatic ring is 1. The lowest BCUT2D eigenvalue weighted by Crippen LogP contribution is -2.57. The maximum atomic E-state index is 15.7. The van der Waals surface area contributed by atoms with Crippen LogP contribution in [0.1, 0.15) is 131 Å². The van der Waals surface area contributed by atoms with Crippen molar-refractivity contribution in [3.63, 3.8) is 0 Å². The Bertz CT molecular complexity index is 2010. The molecule has 1 aromatic rings. The number of rotatable bonds is 11. The number of nitrogens with two attached hydrogens (primary N) is 1. The van der Waals surface area contributed by atoms with Crippen LogP contribution in [0.15, 0.2) is 64.7 Å². The van der Waals surface area contributed by atoms with E-state index in [1.807, 2.05) is 6.92 Å². The zero-order valence-electron chi connectivity index (χ0n) is 37.5. The summed E-state index contributed by atoms with van der Waals surface area (Å²) < 4.78 is 33.8. The number of nitrogens with zero attached hydrogens (tertiary/aromatic N) is 2. The Hall–Kier alpha value is -4.01. The first-order chi connectivity index (χ1) is 29.2. The second-order valence-electron chi connectivity index (χ2n) is 21.0. The van der Waals surface area contributed by atoms with E-state index in [-0.39, 0.29) is 34.9 Å². The van der Waals surface area contributed by atoms with Crippen molar-refractivity contribution in [3.05, 3.63) is 70.3 Å². The van der Waals surface area contributed by atoms with Crippen molar-refractivity contribution in [3.8, 4) is 0 Å². The van der Waals surface area contributed by atoms with E-state index in [1.165, 1.54) is 43.5 Å². The number of amides is 2. The number of alkyl halides is 1. The molecule has 6 fully saturated rings. The lowest BCUT2D eigenvalue weighted by Gasteiger charge is -2.46. The molecule has 0 radical (unpaired) electrons. The highest BCUT2D eigenvalue weighted by molar-refractivity contribution is 5.69. The normalized spacial score (nSPS) is 38.1. The van der Waals surface area contributed by atoms with Crippen molar-refractivity contribution < 1.29 is 38.4 Å². The van der Waals surface area contributed by atoms with E-state index in [2.05, 4.69) is 74.2 Å². The summed E-state index contributed by atoms with van der Waals surface area (Å²) in [6.07, 6.45) is 15.7. The number of aromatic nitrogens is 2. The maximum absolute atomic E-state index is 15.7. The van der Waals surface area contributed by atoms with Crippen molar-refractivity contribution in [1.82, 2.24) is 20.2 Å². The molecule has 0 spiro atoms. The van der Waals surface area contributed by atoms with Crippen LogP contribution in [0.3, 0.4) is 0 Å². The van der Waals surface area contributed by atoms with Crippen LogP contribution in [-0.2, 0) is 14.2 Å². The van der Waals surface area contributed by atoms with Crippen LogP contribution in [0.5, 0.6) is 0 Å². The highest BCUT2D eigenvalue weighted by atomic mass is 19.1. The number of nitrogens with one attached hydrogen (secondary N) is 2. The van der Waals surface area contributed by atoms with E-state index in [4.69, 9.17) is 19.9 Å². The zero-order chi connectivity index (χ0) is 44.8. The molecule has 13 nitrogen and oxygen atoms in total. The Morgan fingerprint density at radius 2 is 1.85 bits per heavy atom. The van der Waals surface area contributed by atoms with E-state index in [0.717, 1.165) is 48.3 Å². The molecule has 12 atom stereocenters. The average molecular weight is 864 g/mol. The number of alkyl carbamates (subject to hydrolysis) is 2. The number of aliphatic hydroxyl groups excluding tert-OH is 2. The van der Waals surface area contributed by atoms with E-state index in [1.54, 1.807) is 0 Å². The molecule has 5 saturated carbocycles. The van der Waals surface area contributed by atoms with Gasteiger partial charge in [-0.05, 0) is 137 Å². The molecule has 1 saturated heterocycles. The number of aliphatic hydroxyl groups is 2. The molecule has 7 rings (SSSR count). The fourth-order valence-electron chi connectivity index (χ4n) is 12.1. The summed E-state index contributed by atoms with van der Waals surface area (Å²) in [5.41, 5.74) is 5.26. The van der Waals surface area contributed by atoms with Gasteiger partial charge in [-0.1, -0.05) is 69.7 Å². The molecular formula is C48H70FN5O8. The quantitative estimate of drug-likeness (QED) is 0.138. The highest BCUT2D eigenvalue weighted by Gasteiger charge is 2.56. The lowest BCUT2D eigenvalue weighted by atomic mass is 9.61. The standard InChI is InChI=1S/C48H70FN5O8/c1-28-10-16-34(23-32(28)15-12-30-9-8-21-47(6)35(17-18-36(30)47)29(2)11-19-37(55)31-13-14-31)61-43(58)51-33-24-45(3,4)27-46(5,25-33)53-44(59)60-26-38-40(56)48(7,49)41(62-38)54-22-20-39(50)52-42(54)57/h11-12,15,19-20,22,29,31,33-38,40-41,55-56H,1,8-10,13-14,16-18,21,23-27H2,2-7H3,(H,51,58)(H,53,59)(H2,50,52,57)/b19-11+,30-12+,32-15-/t29-,33?,34-,35?,36?,37?,38?,40?,41?,46?,47+,48?/m0/s1. The smallest absolute Gasteiger partial charge is 0.407 e. The second-order valence-corrected chi connectivity index (χ2v) is 21.0. The van der Waals surface area contributed by atoms with Gasteiger partial charge in [-0.2, -0.15) is 4.98 Å². The first-order valence-corrected chi connectivity index (χ1v) is 22.9. The Labute approximate surface area is 365 Å². The van der Waals surface area contributed by atoms with Crippen LogP contribution in [0, 0.1) is 34.5 Å². The molecule has 6 aliphatic rings. The van der Waals surface area contributed by atoms with Gasteiger partial charge in [0.25, 0.3) is 0 Å². The number of hydrogen-bond donors (Lipinski definition) is 5. The number of allylic oxidation sites excluding steroid dienone is 5. The number of carbonyl (C=O) groups excluding carboxylic acids is 2. The minimum atomic E-state index is -2.39.